The van der Waals surface area contributed by atoms with E-state index in [4.69, 9.17) is 10.00 Å². The summed E-state index contributed by atoms with van der Waals surface area (Å²) >= 11 is 0. The van der Waals surface area contributed by atoms with Crippen LogP contribution in [0.3, 0.4) is 0 Å². The minimum atomic E-state index is -4.78. The molecule has 0 radical (unpaired) electrons. The molecule has 1 atom stereocenters. The maximum atomic E-state index is 12.8. The number of aryl methyl sites for hydroxylation is 1. The summed E-state index contributed by atoms with van der Waals surface area (Å²) in [5.74, 6) is -0.687. The second-order valence-electron chi connectivity index (χ2n) is 7.94. The summed E-state index contributed by atoms with van der Waals surface area (Å²) in [6, 6.07) is 22.5. The van der Waals surface area contributed by atoms with Gasteiger partial charge in [-0.25, -0.2) is 4.79 Å². The van der Waals surface area contributed by atoms with Crippen molar-refractivity contribution in [3.8, 4) is 11.8 Å². The molecule has 35 heavy (non-hydrogen) atoms. The summed E-state index contributed by atoms with van der Waals surface area (Å²) < 4.78 is 47.2. The lowest BCUT2D eigenvalue weighted by Gasteiger charge is -2.15. The number of carbonyl (C=O) groups is 1. The average molecular weight is 479 g/mol. The van der Waals surface area contributed by atoms with Crippen LogP contribution in [-0.2, 0) is 17.6 Å². The second-order valence-corrected chi connectivity index (χ2v) is 7.94. The largest absolute Gasteiger partial charge is 0.573 e. The highest BCUT2D eigenvalue weighted by Crippen LogP contribution is 2.28. The summed E-state index contributed by atoms with van der Waals surface area (Å²) in [5.41, 5.74) is 3.39. The van der Waals surface area contributed by atoms with E-state index < -0.39 is 12.3 Å². The predicted octanol–water partition coefficient (Wildman–Crippen LogP) is 6.75. The maximum Gasteiger partial charge on any atom is 0.573 e. The highest BCUT2D eigenvalue weighted by molar-refractivity contribution is 5.89. The van der Waals surface area contributed by atoms with Crippen molar-refractivity contribution < 1.29 is 27.4 Å². The summed E-state index contributed by atoms with van der Waals surface area (Å²) in [6.07, 6.45) is 0.825. The summed E-state index contributed by atoms with van der Waals surface area (Å²) in [6.45, 7) is 0. The summed E-state index contributed by atoms with van der Waals surface area (Å²) in [4.78, 5) is 11.7. The van der Waals surface area contributed by atoms with E-state index in [1.54, 1.807) is 42.5 Å². The van der Waals surface area contributed by atoms with E-state index in [9.17, 15) is 18.0 Å². The number of hydrogen-bond donors (Lipinski definition) is 0. The number of hydrogen-bond acceptors (Lipinski definition) is 4. The van der Waals surface area contributed by atoms with Crippen molar-refractivity contribution in [2.45, 2.75) is 25.6 Å². The SMILES string of the molecule is COC(=O)c1ccc(CC(/C=C\c2ccccc2OC(F)(F)F)CCc2ccc(C#N)cc2)cc1. The molecule has 0 spiro atoms. The van der Waals surface area contributed by atoms with Crippen LogP contribution in [0.4, 0.5) is 13.2 Å². The smallest absolute Gasteiger partial charge is 0.465 e. The van der Waals surface area contributed by atoms with Gasteiger partial charge in [-0.2, -0.15) is 5.26 Å². The minimum absolute atomic E-state index is 0.00596. The summed E-state index contributed by atoms with van der Waals surface area (Å²) in [7, 11) is 1.32. The molecule has 0 aliphatic heterocycles. The maximum absolute atomic E-state index is 12.8. The van der Waals surface area contributed by atoms with E-state index in [0.29, 0.717) is 23.1 Å². The quantitative estimate of drug-likeness (QED) is 0.319. The van der Waals surface area contributed by atoms with Gasteiger partial charge in [-0.15, -0.1) is 13.2 Å². The van der Waals surface area contributed by atoms with Crippen molar-refractivity contribution in [2.24, 2.45) is 5.92 Å². The van der Waals surface area contributed by atoms with E-state index in [-0.39, 0.29) is 11.7 Å². The lowest BCUT2D eigenvalue weighted by Crippen LogP contribution is -2.17. The molecule has 3 aromatic carbocycles. The minimum Gasteiger partial charge on any atom is -0.465 e. The Bertz CT molecular complexity index is 1190. The third kappa shape index (κ3) is 8.04. The molecule has 1 unspecified atom stereocenters. The zero-order chi connectivity index (χ0) is 25.3. The van der Waals surface area contributed by atoms with Gasteiger partial charge >= 0.3 is 12.3 Å². The van der Waals surface area contributed by atoms with E-state index in [0.717, 1.165) is 24.0 Å². The molecule has 0 saturated carbocycles. The monoisotopic (exact) mass is 479 g/mol. The number of halogens is 3. The van der Waals surface area contributed by atoms with Crippen LogP contribution in [0.25, 0.3) is 6.08 Å². The average Bonchev–Trinajstić information content (AvgIpc) is 2.85. The third-order valence-corrected chi connectivity index (χ3v) is 5.45. The number of esters is 1. The molecular weight excluding hydrogens is 455 g/mol. The highest BCUT2D eigenvalue weighted by atomic mass is 19.4. The Balaban J connectivity index is 1.80. The van der Waals surface area contributed by atoms with Crippen LogP contribution in [0.5, 0.6) is 5.75 Å². The Morgan fingerprint density at radius 1 is 1.00 bits per heavy atom. The Hall–Kier alpha value is -4.05. The van der Waals surface area contributed by atoms with Gasteiger partial charge in [0.2, 0.25) is 0 Å². The van der Waals surface area contributed by atoms with Crippen LogP contribution in [-0.4, -0.2) is 19.4 Å². The Labute approximate surface area is 202 Å². The molecule has 0 amide bonds. The first-order valence-electron chi connectivity index (χ1n) is 11.0. The lowest BCUT2D eigenvalue weighted by atomic mass is 9.91. The van der Waals surface area contributed by atoms with E-state index in [2.05, 4.69) is 10.8 Å². The molecule has 0 fully saturated rings. The van der Waals surface area contributed by atoms with Crippen molar-refractivity contribution in [3.63, 3.8) is 0 Å². The second kappa shape index (κ2) is 11.9. The molecule has 0 N–H and O–H groups in total. The van der Waals surface area contributed by atoms with Crippen molar-refractivity contribution in [1.29, 1.82) is 5.26 Å². The number of para-hydroxylation sites is 1. The van der Waals surface area contributed by atoms with Crippen LogP contribution in [0.15, 0.2) is 78.9 Å². The van der Waals surface area contributed by atoms with Gasteiger partial charge in [-0.3, -0.25) is 0 Å². The first-order valence-corrected chi connectivity index (χ1v) is 11.0. The van der Waals surface area contributed by atoms with Gasteiger partial charge in [-0.05, 0) is 66.6 Å². The molecule has 3 rings (SSSR count). The van der Waals surface area contributed by atoms with Crippen molar-refractivity contribution >= 4 is 12.0 Å². The van der Waals surface area contributed by atoms with E-state index >= 15 is 0 Å². The summed E-state index contributed by atoms with van der Waals surface area (Å²) in [5, 5.41) is 8.98. The Kier molecular flexibility index (Phi) is 8.69. The van der Waals surface area contributed by atoms with Gasteiger partial charge in [0.15, 0.2) is 0 Å². The fraction of sp³-hybridized carbons (Fsp3) is 0.214. The Morgan fingerprint density at radius 2 is 1.66 bits per heavy atom. The number of nitriles is 1. The molecule has 3 aromatic rings. The number of ether oxygens (including phenoxy) is 2. The van der Waals surface area contributed by atoms with Gasteiger partial charge in [0.1, 0.15) is 5.75 Å². The first kappa shape index (κ1) is 25.6. The number of alkyl halides is 3. The molecule has 0 saturated heterocycles. The zero-order valence-electron chi connectivity index (χ0n) is 19.1. The van der Waals surface area contributed by atoms with Gasteiger partial charge in [-0.1, -0.05) is 54.6 Å². The van der Waals surface area contributed by atoms with Crippen LogP contribution in [0.2, 0.25) is 0 Å². The van der Waals surface area contributed by atoms with Crippen LogP contribution in [0, 0.1) is 17.2 Å². The van der Waals surface area contributed by atoms with Gasteiger partial charge in [0.05, 0.1) is 24.3 Å². The number of methoxy groups -OCH3 is 1. The molecular formula is C28H24F3NO3. The number of rotatable bonds is 9. The number of allylic oxidation sites excluding steroid dienone is 1. The normalized spacial score (nSPS) is 12.2. The van der Waals surface area contributed by atoms with Crippen molar-refractivity contribution in [2.75, 3.05) is 7.11 Å². The fourth-order valence-corrected chi connectivity index (χ4v) is 3.64. The third-order valence-electron chi connectivity index (χ3n) is 5.45. The molecule has 0 bridgehead atoms. The predicted molar refractivity (Wildman–Crippen MR) is 127 cm³/mol. The lowest BCUT2D eigenvalue weighted by molar-refractivity contribution is -0.274. The molecule has 0 aromatic heterocycles. The molecule has 0 heterocycles. The van der Waals surface area contributed by atoms with Gasteiger partial charge < -0.3 is 9.47 Å². The molecule has 4 nitrogen and oxygen atoms in total. The number of carbonyl (C=O) groups excluding carboxylic acids is 1. The number of benzene rings is 3. The topological polar surface area (TPSA) is 59.3 Å². The first-order chi connectivity index (χ1) is 16.8. The molecule has 0 aliphatic carbocycles. The van der Waals surface area contributed by atoms with Crippen molar-refractivity contribution in [1.82, 2.24) is 0 Å². The number of nitrogens with zero attached hydrogens (tertiary/aromatic N) is 1. The van der Waals surface area contributed by atoms with Crippen LogP contribution >= 0.6 is 0 Å². The van der Waals surface area contributed by atoms with E-state index in [1.165, 1.54) is 19.2 Å². The van der Waals surface area contributed by atoms with Crippen LogP contribution < -0.4 is 4.74 Å². The molecule has 180 valence electrons. The van der Waals surface area contributed by atoms with Gasteiger partial charge in [0, 0.05) is 5.56 Å². The van der Waals surface area contributed by atoms with E-state index in [1.807, 2.05) is 30.3 Å². The van der Waals surface area contributed by atoms with Gasteiger partial charge in [0.25, 0.3) is 0 Å². The van der Waals surface area contributed by atoms with Crippen LogP contribution in [0.1, 0.15) is 39.0 Å². The highest BCUT2D eigenvalue weighted by Gasteiger charge is 2.31. The fourth-order valence-electron chi connectivity index (χ4n) is 3.64. The van der Waals surface area contributed by atoms with Crippen molar-refractivity contribution in [3.05, 3.63) is 107 Å². The molecule has 7 heteroatoms. The standard InChI is InChI=1S/C28H24F3NO3/c1-34-27(33)25-16-13-22(14-17-25)18-21(9-6-20-7-10-23(19-32)11-8-20)12-15-24-4-2-3-5-26(24)35-28(29,30)31/h2-5,7-8,10-17,21H,6,9,18H2,1H3/b15-12-. The zero-order valence-corrected chi connectivity index (χ0v) is 19.1. The Morgan fingerprint density at radius 3 is 2.29 bits per heavy atom. The molecule has 0 aliphatic rings.